The number of anilines is 2. The Morgan fingerprint density at radius 2 is 2.05 bits per heavy atom. The van der Waals surface area contributed by atoms with Crippen molar-refractivity contribution in [1.82, 2.24) is 40.2 Å². The largest absolute Gasteiger partial charge is 0.416 e. The molecule has 3 aromatic heterocycles. The van der Waals surface area contributed by atoms with E-state index in [1.165, 1.54) is 0 Å². The molecule has 12 nitrogen and oxygen atoms in total. The van der Waals surface area contributed by atoms with Crippen LogP contribution < -0.4 is 10.6 Å². The minimum atomic E-state index is -0.407. The molecule has 1 aliphatic rings. The maximum absolute atomic E-state index is 13.1. The van der Waals surface area contributed by atoms with E-state index in [0.29, 0.717) is 37.9 Å². The van der Waals surface area contributed by atoms with Gasteiger partial charge < -0.3 is 20.2 Å². The number of rotatable bonds is 8. The molecule has 0 fully saturated rings. The van der Waals surface area contributed by atoms with Crippen LogP contribution in [-0.2, 0) is 12.0 Å². The number of aliphatic hydroxyl groups excluding tert-OH is 1. The van der Waals surface area contributed by atoms with Crippen molar-refractivity contribution in [1.29, 1.82) is 0 Å². The maximum atomic E-state index is 13.1. The Morgan fingerprint density at radius 3 is 2.76 bits per heavy atom. The van der Waals surface area contributed by atoms with Gasteiger partial charge >= 0.3 is 11.8 Å². The van der Waals surface area contributed by atoms with Gasteiger partial charge in [0.25, 0.3) is 0 Å². The van der Waals surface area contributed by atoms with E-state index in [-0.39, 0.29) is 30.0 Å². The molecule has 1 unspecified atom stereocenters. The first-order chi connectivity index (χ1) is 19.6. The molecule has 0 bridgehead atoms. The second kappa shape index (κ2) is 11.8. The first kappa shape index (κ1) is 28.4. The summed E-state index contributed by atoms with van der Waals surface area (Å²) >= 11 is 0. The average Bonchev–Trinajstić information content (AvgIpc) is 3.59. The van der Waals surface area contributed by atoms with E-state index >= 15 is 0 Å². The van der Waals surface area contributed by atoms with Gasteiger partial charge in [0.15, 0.2) is 0 Å². The number of hydrogen-bond donors (Lipinski definition) is 3. The van der Waals surface area contributed by atoms with Crippen LogP contribution in [0.4, 0.5) is 11.6 Å². The van der Waals surface area contributed by atoms with Gasteiger partial charge in [0.1, 0.15) is 0 Å². The van der Waals surface area contributed by atoms with E-state index in [1.807, 2.05) is 49.8 Å². The highest BCUT2D eigenvalue weighted by atomic mass is 16.4. The third-order valence-electron chi connectivity index (χ3n) is 6.97. The smallest absolute Gasteiger partial charge is 0.309 e. The highest BCUT2D eigenvalue weighted by Crippen LogP contribution is 2.31. The van der Waals surface area contributed by atoms with Gasteiger partial charge in [-0.3, -0.25) is 14.4 Å². The molecule has 0 saturated carbocycles. The molecule has 1 aromatic carbocycles. The van der Waals surface area contributed by atoms with Crippen LogP contribution in [0.3, 0.4) is 0 Å². The van der Waals surface area contributed by atoms with E-state index in [1.54, 1.807) is 12.4 Å². The predicted molar refractivity (Wildman–Crippen MR) is 154 cm³/mol. The number of nitrogens with zero attached hydrogens (tertiary/aromatic N) is 7. The van der Waals surface area contributed by atoms with Crippen LogP contribution in [-0.4, -0.2) is 65.6 Å². The van der Waals surface area contributed by atoms with Crippen molar-refractivity contribution in [2.24, 2.45) is 0 Å². The Morgan fingerprint density at radius 1 is 1.22 bits per heavy atom. The van der Waals surface area contributed by atoms with Crippen LogP contribution in [0.5, 0.6) is 0 Å². The van der Waals surface area contributed by atoms with Crippen molar-refractivity contribution in [3.63, 3.8) is 0 Å². The zero-order valence-electron chi connectivity index (χ0n) is 24.1. The molecule has 1 atom stereocenters. The van der Waals surface area contributed by atoms with Gasteiger partial charge in [-0.05, 0) is 43.5 Å². The normalized spacial score (nSPS) is 15.9. The van der Waals surface area contributed by atoms with Crippen LogP contribution in [0.25, 0.3) is 11.3 Å². The highest BCUT2D eigenvalue weighted by Gasteiger charge is 2.28. The Hall–Kier alpha value is -4.16. The number of nitrogens with one attached hydrogen (secondary N) is 2. The van der Waals surface area contributed by atoms with Crippen molar-refractivity contribution >= 4 is 17.5 Å². The molecule has 0 spiro atoms. The van der Waals surface area contributed by atoms with Crippen molar-refractivity contribution in [2.75, 3.05) is 25.0 Å². The van der Waals surface area contributed by atoms with Gasteiger partial charge in [-0.1, -0.05) is 32.9 Å². The fraction of sp³-hybridized carbons (Fsp3) is 0.448. The molecular formula is C29H37N9O3. The molecule has 12 heteroatoms. The minimum absolute atomic E-state index is 0.0514. The number of aromatic nitrogens is 6. The van der Waals surface area contributed by atoms with Gasteiger partial charge in [-0.25, -0.2) is 9.97 Å². The summed E-state index contributed by atoms with van der Waals surface area (Å²) in [5.74, 6) is 0.428. The monoisotopic (exact) mass is 559 g/mol. The average molecular weight is 560 g/mol. The predicted octanol–water partition coefficient (Wildman–Crippen LogP) is 4.01. The van der Waals surface area contributed by atoms with Crippen LogP contribution in [0.1, 0.15) is 80.8 Å². The lowest BCUT2D eigenvalue weighted by atomic mass is 9.96. The number of aliphatic hydroxyl groups is 1. The molecule has 0 saturated heterocycles. The van der Waals surface area contributed by atoms with Gasteiger partial charge in [0.05, 0.1) is 30.2 Å². The molecular weight excluding hydrogens is 522 g/mol. The first-order valence-corrected chi connectivity index (χ1v) is 13.9. The minimum Gasteiger partial charge on any atom is -0.416 e. The van der Waals surface area contributed by atoms with E-state index in [4.69, 9.17) is 9.40 Å². The first-order valence-electron chi connectivity index (χ1n) is 13.9. The molecule has 1 amide bonds. The lowest BCUT2D eigenvalue weighted by molar-refractivity contribution is 0.0893. The van der Waals surface area contributed by atoms with Crippen molar-refractivity contribution in [2.45, 2.75) is 65.1 Å². The van der Waals surface area contributed by atoms with Crippen molar-refractivity contribution in [3.05, 3.63) is 65.8 Å². The van der Waals surface area contributed by atoms with Crippen molar-refractivity contribution in [3.8, 4) is 11.3 Å². The molecule has 4 aromatic rings. The lowest BCUT2D eigenvalue weighted by Crippen LogP contribution is -2.31. The quantitative estimate of drug-likeness (QED) is 0.289. The van der Waals surface area contributed by atoms with Crippen LogP contribution in [0, 0.1) is 0 Å². The summed E-state index contributed by atoms with van der Waals surface area (Å²) in [5.41, 5.74) is 4.20. The number of amides is 1. The van der Waals surface area contributed by atoms with Crippen LogP contribution in [0.15, 0.2) is 47.3 Å². The number of carbonyl (C=O) groups is 1. The summed E-state index contributed by atoms with van der Waals surface area (Å²) < 4.78 is 7.54. The van der Waals surface area contributed by atoms with Crippen molar-refractivity contribution < 1.29 is 14.3 Å². The summed E-state index contributed by atoms with van der Waals surface area (Å²) in [6, 6.07) is 8.00. The topological polar surface area (TPSA) is 147 Å². The Bertz CT molecular complexity index is 1510. The molecule has 216 valence electrons. The second-order valence-corrected chi connectivity index (χ2v) is 11.6. The van der Waals surface area contributed by atoms with Gasteiger partial charge in [-0.2, -0.15) is 5.10 Å². The van der Waals surface area contributed by atoms with E-state index in [9.17, 15) is 9.90 Å². The number of hydrogen-bond acceptors (Lipinski definition) is 10. The summed E-state index contributed by atoms with van der Waals surface area (Å²) in [6.07, 6.45) is 6.07. The fourth-order valence-electron chi connectivity index (χ4n) is 4.74. The zero-order chi connectivity index (χ0) is 29.1. The molecule has 41 heavy (non-hydrogen) atoms. The molecule has 0 aliphatic carbocycles. The van der Waals surface area contributed by atoms with E-state index < -0.39 is 5.91 Å². The number of benzene rings is 1. The third kappa shape index (κ3) is 6.60. The van der Waals surface area contributed by atoms with Gasteiger partial charge in [0.2, 0.25) is 11.8 Å². The molecule has 5 rings (SSSR count). The van der Waals surface area contributed by atoms with Crippen LogP contribution in [0.2, 0.25) is 0 Å². The number of β-amino-alcohol motifs (C(OH)–C–C–N with tert-alkyl or cyclic N) is 1. The fourth-order valence-corrected chi connectivity index (χ4v) is 4.74. The number of carbonyl (C=O) groups excluding carboxylic acids is 1. The van der Waals surface area contributed by atoms with E-state index in [2.05, 4.69) is 55.7 Å². The standard InChI is InChI=1S/C29H37N9O3/c1-18(2)38-17-21(15-31-38)32-28-30-10-8-23(34-28)19-6-7-22-20(14-19)16-37(12-13-39)11-9-24(22)33-25(40)26-35-36-27(41-26)29(3,4)5/h6-8,10,14-15,17-18,24,39H,9,11-13,16H2,1-5H3,(H,33,40)(H,30,32,34). The summed E-state index contributed by atoms with van der Waals surface area (Å²) in [7, 11) is 0. The second-order valence-electron chi connectivity index (χ2n) is 11.6. The summed E-state index contributed by atoms with van der Waals surface area (Å²) in [6.45, 7) is 11.9. The van der Waals surface area contributed by atoms with Crippen LogP contribution >= 0.6 is 0 Å². The molecule has 4 heterocycles. The Labute approximate surface area is 239 Å². The Kier molecular flexibility index (Phi) is 8.13. The van der Waals surface area contributed by atoms with Gasteiger partial charge in [0, 0.05) is 49.0 Å². The highest BCUT2D eigenvalue weighted by molar-refractivity contribution is 5.89. The molecule has 0 radical (unpaired) electrons. The molecule has 3 N–H and O–H groups in total. The lowest BCUT2D eigenvalue weighted by Gasteiger charge is -2.19. The summed E-state index contributed by atoms with van der Waals surface area (Å²) in [5, 5.41) is 28.4. The molecule has 1 aliphatic heterocycles. The maximum Gasteiger partial charge on any atom is 0.309 e. The number of fused-ring (bicyclic) bond motifs is 1. The SMILES string of the molecule is CC(C)n1cc(Nc2nccc(-c3ccc4c(c3)CN(CCO)CCC4NC(=O)c3nnc(C(C)(C)C)o3)n2)cn1. The summed E-state index contributed by atoms with van der Waals surface area (Å²) in [4.78, 5) is 24.4. The van der Waals surface area contributed by atoms with Gasteiger partial charge in [-0.15, -0.1) is 10.2 Å². The third-order valence-corrected chi connectivity index (χ3v) is 6.97. The van der Waals surface area contributed by atoms with E-state index in [0.717, 1.165) is 28.1 Å². The zero-order valence-corrected chi connectivity index (χ0v) is 24.1. The Balaban J connectivity index is 1.40.